The molecule has 0 aromatic carbocycles. The SMILES string of the molecule is CN=C(NCCCCCOC1CCCCC1)NCCN(C)CCCOC. The Kier molecular flexibility index (Phi) is 14.6. The van der Waals surface area contributed by atoms with Gasteiger partial charge in [0.2, 0.25) is 0 Å². The molecule has 0 aromatic rings. The minimum atomic E-state index is 0.539. The summed E-state index contributed by atoms with van der Waals surface area (Å²) in [6.45, 7) is 5.68. The zero-order valence-electron chi connectivity index (χ0n) is 17.4. The van der Waals surface area contributed by atoms with E-state index < -0.39 is 0 Å². The van der Waals surface area contributed by atoms with E-state index in [1.165, 1.54) is 38.5 Å². The lowest BCUT2D eigenvalue weighted by atomic mass is 9.98. The average molecular weight is 371 g/mol. The minimum Gasteiger partial charge on any atom is -0.385 e. The van der Waals surface area contributed by atoms with Crippen molar-refractivity contribution in [1.82, 2.24) is 15.5 Å². The molecule has 1 aliphatic rings. The Morgan fingerprint density at radius 1 is 0.962 bits per heavy atom. The molecule has 0 spiro atoms. The molecule has 0 heterocycles. The first kappa shape index (κ1) is 23.2. The molecule has 6 heteroatoms. The van der Waals surface area contributed by atoms with Crippen LogP contribution < -0.4 is 10.6 Å². The van der Waals surface area contributed by atoms with Gasteiger partial charge in [-0.05, 0) is 45.6 Å². The summed E-state index contributed by atoms with van der Waals surface area (Å²) in [5.41, 5.74) is 0. The molecule has 0 amide bonds. The van der Waals surface area contributed by atoms with E-state index in [2.05, 4.69) is 27.6 Å². The fourth-order valence-corrected chi connectivity index (χ4v) is 3.27. The van der Waals surface area contributed by atoms with Gasteiger partial charge in [-0.25, -0.2) is 0 Å². The van der Waals surface area contributed by atoms with E-state index in [4.69, 9.17) is 9.47 Å². The smallest absolute Gasteiger partial charge is 0.191 e. The van der Waals surface area contributed by atoms with Crippen LogP contribution in [0.5, 0.6) is 0 Å². The molecule has 0 bridgehead atoms. The van der Waals surface area contributed by atoms with Gasteiger partial charge in [0.1, 0.15) is 0 Å². The monoisotopic (exact) mass is 370 g/mol. The normalized spacial score (nSPS) is 16.2. The standard InChI is InChI=1S/C20H42N4O2/c1-21-20(23-14-16-24(2)15-10-17-25-3)22-13-8-5-9-18-26-19-11-6-4-7-12-19/h19H,4-18H2,1-3H3,(H2,21,22,23). The van der Waals surface area contributed by atoms with Crippen molar-refractivity contribution in [1.29, 1.82) is 0 Å². The highest BCUT2D eigenvalue weighted by Crippen LogP contribution is 2.20. The number of hydrogen-bond acceptors (Lipinski definition) is 4. The first-order chi connectivity index (χ1) is 12.8. The molecule has 1 saturated carbocycles. The first-order valence-corrected chi connectivity index (χ1v) is 10.5. The van der Waals surface area contributed by atoms with Crippen molar-refractivity contribution in [3.05, 3.63) is 0 Å². The van der Waals surface area contributed by atoms with E-state index in [-0.39, 0.29) is 0 Å². The van der Waals surface area contributed by atoms with Gasteiger partial charge in [0.15, 0.2) is 5.96 Å². The third-order valence-electron chi connectivity index (χ3n) is 4.92. The summed E-state index contributed by atoms with van der Waals surface area (Å²) < 4.78 is 11.1. The third-order valence-corrected chi connectivity index (χ3v) is 4.92. The Hall–Kier alpha value is -0.850. The number of likely N-dealkylation sites (N-methyl/N-ethyl adjacent to an activating group) is 1. The lowest BCUT2D eigenvalue weighted by Crippen LogP contribution is -2.41. The second-order valence-corrected chi connectivity index (χ2v) is 7.27. The molecule has 6 nitrogen and oxygen atoms in total. The van der Waals surface area contributed by atoms with Gasteiger partial charge >= 0.3 is 0 Å². The number of rotatable bonds is 14. The molecule has 0 aliphatic heterocycles. The number of aliphatic imine (C=N–C) groups is 1. The maximum absolute atomic E-state index is 5.97. The van der Waals surface area contributed by atoms with Gasteiger partial charge in [-0.1, -0.05) is 19.3 Å². The van der Waals surface area contributed by atoms with E-state index in [0.29, 0.717) is 6.10 Å². The number of methoxy groups -OCH3 is 1. The second kappa shape index (κ2) is 16.3. The maximum atomic E-state index is 5.97. The topological polar surface area (TPSA) is 58.1 Å². The summed E-state index contributed by atoms with van der Waals surface area (Å²) >= 11 is 0. The van der Waals surface area contributed by atoms with Crippen LogP contribution in [-0.2, 0) is 9.47 Å². The molecule has 1 aliphatic carbocycles. The molecule has 0 saturated heterocycles. The van der Waals surface area contributed by atoms with Gasteiger partial charge in [0, 0.05) is 53.6 Å². The van der Waals surface area contributed by atoms with Crippen molar-refractivity contribution >= 4 is 5.96 Å². The van der Waals surface area contributed by atoms with Crippen molar-refractivity contribution in [2.45, 2.75) is 63.9 Å². The van der Waals surface area contributed by atoms with Crippen LogP contribution in [0.1, 0.15) is 57.8 Å². The van der Waals surface area contributed by atoms with Crippen molar-refractivity contribution in [3.63, 3.8) is 0 Å². The molecule has 1 rings (SSSR count). The number of nitrogens with zero attached hydrogens (tertiary/aromatic N) is 2. The highest BCUT2D eigenvalue weighted by Gasteiger charge is 2.12. The summed E-state index contributed by atoms with van der Waals surface area (Å²) in [6, 6.07) is 0. The van der Waals surface area contributed by atoms with E-state index in [1.807, 2.05) is 7.05 Å². The highest BCUT2D eigenvalue weighted by atomic mass is 16.5. The minimum absolute atomic E-state index is 0.539. The van der Waals surface area contributed by atoms with E-state index in [0.717, 1.165) is 64.6 Å². The Morgan fingerprint density at radius 3 is 2.46 bits per heavy atom. The summed E-state index contributed by atoms with van der Waals surface area (Å²) in [6.07, 6.45) is 11.8. The van der Waals surface area contributed by atoms with Crippen LogP contribution in [-0.4, -0.2) is 77.6 Å². The largest absolute Gasteiger partial charge is 0.385 e. The predicted molar refractivity (Wildman–Crippen MR) is 110 cm³/mol. The van der Waals surface area contributed by atoms with Crippen LogP contribution in [0.4, 0.5) is 0 Å². The zero-order valence-corrected chi connectivity index (χ0v) is 17.4. The molecule has 26 heavy (non-hydrogen) atoms. The summed E-state index contributed by atoms with van der Waals surface area (Å²) in [7, 11) is 5.72. The number of unbranched alkanes of at least 4 members (excludes halogenated alkanes) is 2. The second-order valence-electron chi connectivity index (χ2n) is 7.27. The Bertz CT molecular complexity index is 347. The van der Waals surface area contributed by atoms with E-state index in [1.54, 1.807) is 7.11 Å². The van der Waals surface area contributed by atoms with Gasteiger partial charge in [-0.3, -0.25) is 4.99 Å². The molecule has 0 unspecified atom stereocenters. The van der Waals surface area contributed by atoms with Crippen molar-refractivity contribution in [2.24, 2.45) is 4.99 Å². The molecule has 1 fully saturated rings. The highest BCUT2D eigenvalue weighted by molar-refractivity contribution is 5.79. The van der Waals surface area contributed by atoms with Crippen LogP contribution in [0.3, 0.4) is 0 Å². The summed E-state index contributed by atoms with van der Waals surface area (Å²) in [4.78, 5) is 6.60. The molecule has 2 N–H and O–H groups in total. The number of hydrogen-bond donors (Lipinski definition) is 2. The van der Waals surface area contributed by atoms with Gasteiger partial charge in [-0.2, -0.15) is 0 Å². The summed E-state index contributed by atoms with van der Waals surface area (Å²) in [5, 5.41) is 6.77. The molecule has 0 aromatic heterocycles. The zero-order chi connectivity index (χ0) is 18.9. The van der Waals surface area contributed by atoms with Crippen molar-refractivity contribution in [2.75, 3.05) is 60.6 Å². The van der Waals surface area contributed by atoms with Gasteiger partial charge in [-0.15, -0.1) is 0 Å². The van der Waals surface area contributed by atoms with E-state index in [9.17, 15) is 0 Å². The fourth-order valence-electron chi connectivity index (χ4n) is 3.27. The van der Waals surface area contributed by atoms with Gasteiger partial charge in [0.25, 0.3) is 0 Å². The Morgan fingerprint density at radius 2 is 1.73 bits per heavy atom. The Labute approximate surface area is 161 Å². The predicted octanol–water partition coefficient (Wildman–Crippen LogP) is 2.64. The fraction of sp³-hybridized carbons (Fsp3) is 0.950. The molecule has 0 atom stereocenters. The lowest BCUT2D eigenvalue weighted by molar-refractivity contribution is 0.0264. The molecule has 154 valence electrons. The Balaban J connectivity index is 1.92. The quantitative estimate of drug-likeness (QED) is 0.280. The molecular weight excluding hydrogens is 328 g/mol. The average Bonchev–Trinajstić information content (AvgIpc) is 2.66. The number of ether oxygens (including phenoxy) is 2. The van der Waals surface area contributed by atoms with Gasteiger partial charge in [0.05, 0.1) is 6.10 Å². The van der Waals surface area contributed by atoms with Crippen LogP contribution in [0.25, 0.3) is 0 Å². The van der Waals surface area contributed by atoms with Crippen LogP contribution in [0.15, 0.2) is 4.99 Å². The van der Waals surface area contributed by atoms with Gasteiger partial charge < -0.3 is 25.0 Å². The number of nitrogens with one attached hydrogen (secondary N) is 2. The molecular formula is C20H42N4O2. The maximum Gasteiger partial charge on any atom is 0.191 e. The molecule has 0 radical (unpaired) electrons. The van der Waals surface area contributed by atoms with Crippen LogP contribution in [0, 0.1) is 0 Å². The third kappa shape index (κ3) is 12.5. The van der Waals surface area contributed by atoms with E-state index >= 15 is 0 Å². The first-order valence-electron chi connectivity index (χ1n) is 10.5. The number of guanidine groups is 1. The van der Waals surface area contributed by atoms with Crippen molar-refractivity contribution < 1.29 is 9.47 Å². The van der Waals surface area contributed by atoms with Crippen LogP contribution >= 0.6 is 0 Å². The lowest BCUT2D eigenvalue weighted by Gasteiger charge is -2.21. The van der Waals surface area contributed by atoms with Crippen LogP contribution in [0.2, 0.25) is 0 Å². The summed E-state index contributed by atoms with van der Waals surface area (Å²) in [5.74, 6) is 0.897. The van der Waals surface area contributed by atoms with Crippen molar-refractivity contribution in [3.8, 4) is 0 Å².